The number of furan rings is 1. The highest BCUT2D eigenvalue weighted by atomic mass is 19.4. The predicted molar refractivity (Wildman–Crippen MR) is 108 cm³/mol. The lowest BCUT2D eigenvalue weighted by atomic mass is 10.0. The number of rotatable bonds is 5. The van der Waals surface area contributed by atoms with E-state index in [1.54, 1.807) is 6.07 Å². The van der Waals surface area contributed by atoms with Gasteiger partial charge < -0.3 is 14.4 Å². The van der Waals surface area contributed by atoms with Gasteiger partial charge in [-0.3, -0.25) is 9.80 Å². The van der Waals surface area contributed by atoms with E-state index >= 15 is 0 Å². The van der Waals surface area contributed by atoms with Crippen molar-refractivity contribution in [3.8, 4) is 0 Å². The number of benzene rings is 1. The van der Waals surface area contributed by atoms with Crippen LogP contribution >= 0.6 is 0 Å². The van der Waals surface area contributed by atoms with Gasteiger partial charge in [-0.05, 0) is 49.7 Å². The lowest BCUT2D eigenvalue weighted by molar-refractivity contribution is -0.137. The Hall–Kier alpha value is -2.03. The Morgan fingerprint density at radius 1 is 1.00 bits per heavy atom. The van der Waals surface area contributed by atoms with E-state index in [-0.39, 0.29) is 6.61 Å². The smallest absolute Gasteiger partial charge is 0.416 e. The minimum Gasteiger partial charge on any atom is -0.462 e. The fourth-order valence-corrected chi connectivity index (χ4v) is 4.51. The molecule has 1 aromatic heterocycles. The van der Waals surface area contributed by atoms with Crippen LogP contribution in [0.15, 0.2) is 40.8 Å². The summed E-state index contributed by atoms with van der Waals surface area (Å²) in [7, 11) is 0. The monoisotopic (exact) mass is 423 g/mol. The first kappa shape index (κ1) is 21.2. The molecule has 164 valence electrons. The zero-order valence-corrected chi connectivity index (χ0v) is 16.9. The van der Waals surface area contributed by atoms with Crippen LogP contribution in [0.5, 0.6) is 0 Å². The van der Waals surface area contributed by atoms with E-state index in [4.69, 9.17) is 9.52 Å². The van der Waals surface area contributed by atoms with Gasteiger partial charge in [0.05, 0.1) is 12.1 Å². The SMILES string of the molecule is OCc1ccc(CN2CCC[C@@H](N3CCN(c4cccc(C(F)(F)F)c4)CC3)C2)o1. The van der Waals surface area contributed by atoms with Gasteiger partial charge in [-0.25, -0.2) is 0 Å². The molecule has 2 aliphatic heterocycles. The van der Waals surface area contributed by atoms with E-state index in [9.17, 15) is 13.2 Å². The molecule has 4 rings (SSSR count). The van der Waals surface area contributed by atoms with Crippen molar-refractivity contribution < 1.29 is 22.7 Å². The molecule has 0 amide bonds. The van der Waals surface area contributed by atoms with Crippen LogP contribution in [0.2, 0.25) is 0 Å². The summed E-state index contributed by atoms with van der Waals surface area (Å²) in [6.07, 6.45) is -2.05. The highest BCUT2D eigenvalue weighted by Gasteiger charge is 2.32. The molecule has 5 nitrogen and oxygen atoms in total. The number of piperidine rings is 1. The fraction of sp³-hybridized carbons (Fsp3) is 0.545. The second kappa shape index (κ2) is 8.99. The van der Waals surface area contributed by atoms with Crippen LogP contribution in [0, 0.1) is 0 Å². The van der Waals surface area contributed by atoms with E-state index in [2.05, 4.69) is 9.80 Å². The average Bonchev–Trinajstić information content (AvgIpc) is 3.21. The van der Waals surface area contributed by atoms with Gasteiger partial charge in [0.15, 0.2) is 0 Å². The van der Waals surface area contributed by atoms with Gasteiger partial charge in [-0.2, -0.15) is 13.2 Å². The number of hydrogen-bond acceptors (Lipinski definition) is 5. The third-order valence-corrected chi connectivity index (χ3v) is 6.10. The summed E-state index contributed by atoms with van der Waals surface area (Å²) >= 11 is 0. The van der Waals surface area contributed by atoms with E-state index in [0.717, 1.165) is 70.5 Å². The zero-order chi connectivity index (χ0) is 21.1. The molecule has 1 N–H and O–H groups in total. The maximum Gasteiger partial charge on any atom is 0.416 e. The zero-order valence-electron chi connectivity index (χ0n) is 16.9. The Morgan fingerprint density at radius 3 is 2.47 bits per heavy atom. The number of aliphatic hydroxyl groups is 1. The highest BCUT2D eigenvalue weighted by molar-refractivity contribution is 5.49. The third kappa shape index (κ3) is 4.99. The van der Waals surface area contributed by atoms with Crippen molar-refractivity contribution in [1.82, 2.24) is 9.80 Å². The van der Waals surface area contributed by atoms with Gasteiger partial charge in [-0.15, -0.1) is 0 Å². The van der Waals surface area contributed by atoms with Crippen LogP contribution in [0.4, 0.5) is 18.9 Å². The largest absolute Gasteiger partial charge is 0.462 e. The number of halogens is 3. The third-order valence-electron chi connectivity index (χ3n) is 6.10. The molecule has 1 atom stereocenters. The standard InChI is InChI=1S/C22H28F3N3O2/c23-22(24,25)17-3-1-4-18(13-17)27-9-11-28(12-10-27)19-5-2-8-26(14-19)15-20-6-7-21(16-29)30-20/h1,3-4,6-7,13,19,29H,2,5,8-12,14-16H2/t19-/m1/s1. The van der Waals surface area contributed by atoms with Crippen molar-refractivity contribution in [2.24, 2.45) is 0 Å². The number of piperazine rings is 1. The minimum atomic E-state index is -4.31. The maximum absolute atomic E-state index is 13.0. The van der Waals surface area contributed by atoms with Crippen molar-refractivity contribution in [3.63, 3.8) is 0 Å². The predicted octanol–water partition coefficient (Wildman–Crippen LogP) is 3.58. The number of anilines is 1. The molecule has 3 heterocycles. The summed E-state index contributed by atoms with van der Waals surface area (Å²) in [6.45, 7) is 5.80. The van der Waals surface area contributed by atoms with Crippen molar-refractivity contribution in [2.45, 2.75) is 38.2 Å². The summed E-state index contributed by atoms with van der Waals surface area (Å²) in [5.41, 5.74) is 0.0555. The first-order valence-electron chi connectivity index (χ1n) is 10.5. The number of alkyl halides is 3. The van der Waals surface area contributed by atoms with Gasteiger partial charge in [0, 0.05) is 44.5 Å². The average molecular weight is 423 g/mol. The van der Waals surface area contributed by atoms with Crippen molar-refractivity contribution in [3.05, 3.63) is 53.5 Å². The molecule has 2 aromatic rings. The lowest BCUT2D eigenvalue weighted by Gasteiger charge is -2.44. The minimum absolute atomic E-state index is 0.0845. The second-order valence-electron chi connectivity index (χ2n) is 8.13. The molecule has 0 spiro atoms. The molecule has 0 bridgehead atoms. The molecule has 1 aromatic carbocycles. The lowest BCUT2D eigenvalue weighted by Crippen LogP contribution is -2.55. The normalized spacial score (nSPS) is 21.9. The van der Waals surface area contributed by atoms with Gasteiger partial charge >= 0.3 is 6.18 Å². The quantitative estimate of drug-likeness (QED) is 0.797. The maximum atomic E-state index is 13.0. The summed E-state index contributed by atoms with van der Waals surface area (Å²) in [5, 5.41) is 9.15. The number of likely N-dealkylation sites (tertiary alicyclic amines) is 1. The molecule has 2 saturated heterocycles. The second-order valence-corrected chi connectivity index (χ2v) is 8.13. The van der Waals surface area contributed by atoms with Crippen LogP contribution in [-0.4, -0.2) is 60.2 Å². The van der Waals surface area contributed by atoms with E-state index < -0.39 is 11.7 Å². The Balaban J connectivity index is 1.31. The van der Waals surface area contributed by atoms with Gasteiger partial charge in [0.2, 0.25) is 0 Å². The Morgan fingerprint density at radius 2 is 1.77 bits per heavy atom. The van der Waals surface area contributed by atoms with Gasteiger partial charge in [-0.1, -0.05) is 6.07 Å². The van der Waals surface area contributed by atoms with Crippen LogP contribution in [0.1, 0.15) is 29.9 Å². The molecule has 0 aliphatic carbocycles. The van der Waals surface area contributed by atoms with Crippen molar-refractivity contribution >= 4 is 5.69 Å². The number of nitrogens with zero attached hydrogens (tertiary/aromatic N) is 3. The Bertz CT molecular complexity index is 831. The van der Waals surface area contributed by atoms with E-state index in [0.29, 0.717) is 17.5 Å². The topological polar surface area (TPSA) is 43.1 Å². The number of aliphatic hydroxyl groups excluding tert-OH is 1. The molecular formula is C22H28F3N3O2. The summed E-state index contributed by atoms with van der Waals surface area (Å²) in [6, 6.07) is 9.81. The highest BCUT2D eigenvalue weighted by Crippen LogP contribution is 2.32. The number of hydrogen-bond donors (Lipinski definition) is 1. The van der Waals surface area contributed by atoms with Gasteiger partial charge in [0.1, 0.15) is 18.1 Å². The molecule has 0 saturated carbocycles. The summed E-state index contributed by atoms with van der Waals surface area (Å²) in [4.78, 5) is 6.90. The molecule has 0 radical (unpaired) electrons. The van der Waals surface area contributed by atoms with Crippen LogP contribution < -0.4 is 4.90 Å². The Labute approximate surface area is 174 Å². The van der Waals surface area contributed by atoms with E-state index in [1.165, 1.54) is 12.1 Å². The summed E-state index contributed by atoms with van der Waals surface area (Å²) in [5.74, 6) is 1.46. The Kier molecular flexibility index (Phi) is 6.36. The molecule has 30 heavy (non-hydrogen) atoms. The fourth-order valence-electron chi connectivity index (χ4n) is 4.51. The summed E-state index contributed by atoms with van der Waals surface area (Å²) < 4.78 is 44.6. The molecule has 2 aliphatic rings. The molecule has 8 heteroatoms. The van der Waals surface area contributed by atoms with E-state index in [1.807, 2.05) is 17.0 Å². The van der Waals surface area contributed by atoms with Crippen LogP contribution in [-0.2, 0) is 19.3 Å². The van der Waals surface area contributed by atoms with Crippen LogP contribution in [0.25, 0.3) is 0 Å². The van der Waals surface area contributed by atoms with Crippen molar-refractivity contribution in [2.75, 3.05) is 44.2 Å². The molecule has 2 fully saturated rings. The van der Waals surface area contributed by atoms with Crippen molar-refractivity contribution in [1.29, 1.82) is 0 Å². The van der Waals surface area contributed by atoms with Gasteiger partial charge in [0.25, 0.3) is 0 Å². The van der Waals surface area contributed by atoms with Crippen LogP contribution in [0.3, 0.4) is 0 Å². The molecular weight excluding hydrogens is 395 g/mol. The first-order valence-corrected chi connectivity index (χ1v) is 10.5. The first-order chi connectivity index (χ1) is 14.4. The molecule has 0 unspecified atom stereocenters.